The van der Waals surface area contributed by atoms with E-state index in [1.54, 1.807) is 6.07 Å². The Morgan fingerprint density at radius 3 is 2.80 bits per heavy atom. The van der Waals surface area contributed by atoms with Gasteiger partial charge in [-0.15, -0.1) is 0 Å². The monoisotopic (exact) mass is 298 g/mol. The molecule has 1 N–H and O–H groups in total. The SMILES string of the molecule is CC(C)(C)NCC1CCCN1Cc1ccc(F)cc1Cl. The van der Waals surface area contributed by atoms with Crippen LogP contribution in [-0.4, -0.2) is 29.6 Å². The van der Waals surface area contributed by atoms with Crippen LogP contribution >= 0.6 is 11.6 Å². The maximum absolute atomic E-state index is 13.1. The minimum Gasteiger partial charge on any atom is -0.311 e. The highest BCUT2D eigenvalue weighted by Crippen LogP contribution is 2.24. The molecule has 0 saturated carbocycles. The average Bonchev–Trinajstić information content (AvgIpc) is 2.77. The Morgan fingerprint density at radius 2 is 2.15 bits per heavy atom. The topological polar surface area (TPSA) is 15.3 Å². The van der Waals surface area contributed by atoms with Gasteiger partial charge in [0, 0.05) is 29.7 Å². The lowest BCUT2D eigenvalue weighted by atomic mass is 10.1. The van der Waals surface area contributed by atoms with Crippen molar-refractivity contribution in [3.63, 3.8) is 0 Å². The van der Waals surface area contributed by atoms with E-state index in [-0.39, 0.29) is 11.4 Å². The van der Waals surface area contributed by atoms with Gasteiger partial charge in [-0.1, -0.05) is 17.7 Å². The summed E-state index contributed by atoms with van der Waals surface area (Å²) in [5.41, 5.74) is 1.15. The van der Waals surface area contributed by atoms with Crippen molar-refractivity contribution < 1.29 is 4.39 Å². The minimum atomic E-state index is -0.272. The molecule has 1 aromatic carbocycles. The van der Waals surface area contributed by atoms with Crippen LogP contribution in [0.1, 0.15) is 39.2 Å². The van der Waals surface area contributed by atoms with E-state index in [4.69, 9.17) is 11.6 Å². The summed E-state index contributed by atoms with van der Waals surface area (Å²) in [6.07, 6.45) is 2.43. The van der Waals surface area contributed by atoms with Crippen LogP contribution in [0.4, 0.5) is 4.39 Å². The molecule has 1 aromatic rings. The van der Waals surface area contributed by atoms with Gasteiger partial charge in [-0.3, -0.25) is 4.90 Å². The van der Waals surface area contributed by atoms with E-state index in [1.165, 1.54) is 25.0 Å². The predicted molar refractivity (Wildman–Crippen MR) is 82.6 cm³/mol. The molecular formula is C16H24ClFN2. The minimum absolute atomic E-state index is 0.141. The summed E-state index contributed by atoms with van der Waals surface area (Å²) in [6, 6.07) is 5.22. The van der Waals surface area contributed by atoms with Crippen LogP contribution in [0.15, 0.2) is 18.2 Å². The van der Waals surface area contributed by atoms with Crippen LogP contribution in [0, 0.1) is 5.82 Å². The largest absolute Gasteiger partial charge is 0.311 e. The number of benzene rings is 1. The predicted octanol–water partition coefficient (Wildman–Crippen LogP) is 3.83. The molecule has 0 bridgehead atoms. The first-order chi connectivity index (χ1) is 9.35. The Morgan fingerprint density at radius 1 is 1.40 bits per heavy atom. The molecule has 1 unspecified atom stereocenters. The van der Waals surface area contributed by atoms with Gasteiger partial charge in [0.25, 0.3) is 0 Å². The molecule has 0 amide bonds. The maximum atomic E-state index is 13.1. The molecule has 112 valence electrons. The highest BCUT2D eigenvalue weighted by atomic mass is 35.5. The third kappa shape index (κ3) is 4.44. The van der Waals surface area contributed by atoms with E-state index in [2.05, 4.69) is 31.0 Å². The highest BCUT2D eigenvalue weighted by molar-refractivity contribution is 6.31. The van der Waals surface area contributed by atoms with Crippen molar-refractivity contribution in [1.82, 2.24) is 10.2 Å². The molecule has 1 aliphatic heterocycles. The molecule has 1 atom stereocenters. The molecule has 2 rings (SSSR count). The number of likely N-dealkylation sites (tertiary alicyclic amines) is 1. The molecule has 1 heterocycles. The van der Waals surface area contributed by atoms with Gasteiger partial charge in [-0.05, 0) is 57.9 Å². The lowest BCUT2D eigenvalue weighted by Crippen LogP contribution is -2.45. The number of hydrogen-bond donors (Lipinski definition) is 1. The van der Waals surface area contributed by atoms with Crippen molar-refractivity contribution in [2.24, 2.45) is 0 Å². The zero-order valence-electron chi connectivity index (χ0n) is 12.5. The van der Waals surface area contributed by atoms with Gasteiger partial charge in [0.05, 0.1) is 0 Å². The first kappa shape index (κ1) is 15.7. The third-order valence-corrected chi connectivity index (χ3v) is 4.11. The first-order valence-corrected chi connectivity index (χ1v) is 7.66. The number of hydrogen-bond acceptors (Lipinski definition) is 2. The van der Waals surface area contributed by atoms with E-state index < -0.39 is 0 Å². The zero-order valence-corrected chi connectivity index (χ0v) is 13.3. The van der Waals surface area contributed by atoms with E-state index in [9.17, 15) is 4.39 Å². The van der Waals surface area contributed by atoms with Crippen LogP contribution in [0.2, 0.25) is 5.02 Å². The summed E-state index contributed by atoms with van der Waals surface area (Å²) in [5, 5.41) is 4.10. The van der Waals surface area contributed by atoms with Crippen molar-refractivity contribution in [1.29, 1.82) is 0 Å². The second kappa shape index (κ2) is 6.42. The van der Waals surface area contributed by atoms with Crippen molar-refractivity contribution >= 4 is 11.6 Å². The Hall–Kier alpha value is -0.640. The Kier molecular flexibility index (Phi) is 5.05. The van der Waals surface area contributed by atoms with Crippen molar-refractivity contribution in [2.75, 3.05) is 13.1 Å². The molecule has 0 radical (unpaired) electrons. The van der Waals surface area contributed by atoms with Crippen molar-refractivity contribution in [3.05, 3.63) is 34.6 Å². The third-order valence-electron chi connectivity index (χ3n) is 3.76. The van der Waals surface area contributed by atoms with Crippen LogP contribution in [0.5, 0.6) is 0 Å². The van der Waals surface area contributed by atoms with Crippen molar-refractivity contribution in [2.45, 2.75) is 51.7 Å². The second-order valence-electron chi connectivity index (χ2n) is 6.63. The fourth-order valence-electron chi connectivity index (χ4n) is 2.63. The summed E-state index contributed by atoms with van der Waals surface area (Å²) in [7, 11) is 0. The summed E-state index contributed by atoms with van der Waals surface area (Å²) < 4.78 is 13.1. The van der Waals surface area contributed by atoms with Crippen LogP contribution in [-0.2, 0) is 6.54 Å². The molecule has 0 aliphatic carbocycles. The molecular weight excluding hydrogens is 275 g/mol. The van der Waals surface area contributed by atoms with Gasteiger partial charge in [0.2, 0.25) is 0 Å². The highest BCUT2D eigenvalue weighted by Gasteiger charge is 2.26. The second-order valence-corrected chi connectivity index (χ2v) is 7.04. The Bertz CT molecular complexity index is 456. The lowest BCUT2D eigenvalue weighted by Gasteiger charge is -2.29. The van der Waals surface area contributed by atoms with Crippen LogP contribution in [0.25, 0.3) is 0 Å². The van der Waals surface area contributed by atoms with Crippen LogP contribution < -0.4 is 5.32 Å². The van der Waals surface area contributed by atoms with Gasteiger partial charge >= 0.3 is 0 Å². The van der Waals surface area contributed by atoms with E-state index in [0.717, 1.165) is 25.2 Å². The molecule has 0 aromatic heterocycles. The van der Waals surface area contributed by atoms with Gasteiger partial charge in [0.1, 0.15) is 5.82 Å². The summed E-state index contributed by atoms with van der Waals surface area (Å²) in [5.74, 6) is -0.272. The average molecular weight is 299 g/mol. The van der Waals surface area contributed by atoms with Gasteiger partial charge < -0.3 is 5.32 Å². The molecule has 1 aliphatic rings. The molecule has 1 saturated heterocycles. The number of nitrogens with one attached hydrogen (secondary N) is 1. The number of nitrogens with zero attached hydrogens (tertiary/aromatic N) is 1. The molecule has 2 nitrogen and oxygen atoms in total. The normalized spacial score (nSPS) is 20.6. The van der Waals surface area contributed by atoms with E-state index >= 15 is 0 Å². The number of rotatable bonds is 4. The zero-order chi connectivity index (χ0) is 14.8. The first-order valence-electron chi connectivity index (χ1n) is 7.28. The van der Waals surface area contributed by atoms with E-state index in [0.29, 0.717) is 11.1 Å². The number of halogens is 2. The fourth-order valence-corrected chi connectivity index (χ4v) is 2.85. The summed E-state index contributed by atoms with van der Waals surface area (Å²) in [4.78, 5) is 2.44. The molecule has 4 heteroatoms. The quantitative estimate of drug-likeness (QED) is 0.909. The molecule has 20 heavy (non-hydrogen) atoms. The van der Waals surface area contributed by atoms with E-state index in [1.807, 2.05) is 0 Å². The summed E-state index contributed by atoms with van der Waals surface area (Å²) >= 11 is 6.12. The standard InChI is InChI=1S/C16H24ClFN2/c1-16(2,3)19-10-14-5-4-8-20(14)11-12-6-7-13(18)9-15(12)17/h6-7,9,14,19H,4-5,8,10-11H2,1-3H3. The molecule has 0 spiro atoms. The van der Waals surface area contributed by atoms with Crippen LogP contribution in [0.3, 0.4) is 0 Å². The molecule has 1 fully saturated rings. The van der Waals surface area contributed by atoms with Gasteiger partial charge in [-0.25, -0.2) is 4.39 Å². The Balaban J connectivity index is 1.97. The smallest absolute Gasteiger partial charge is 0.124 e. The van der Waals surface area contributed by atoms with Gasteiger partial charge in [-0.2, -0.15) is 0 Å². The fraction of sp³-hybridized carbons (Fsp3) is 0.625. The Labute approximate surface area is 126 Å². The van der Waals surface area contributed by atoms with Gasteiger partial charge in [0.15, 0.2) is 0 Å². The lowest BCUT2D eigenvalue weighted by molar-refractivity contribution is 0.226. The summed E-state index contributed by atoms with van der Waals surface area (Å²) in [6.45, 7) is 9.43. The van der Waals surface area contributed by atoms with Crippen molar-refractivity contribution in [3.8, 4) is 0 Å². The maximum Gasteiger partial charge on any atom is 0.124 e.